The fourth-order valence-electron chi connectivity index (χ4n) is 13.9. The fraction of sp³-hybridized carbons (Fsp3) is 0.918. The second-order valence-electron chi connectivity index (χ2n) is 29.6. The van der Waals surface area contributed by atoms with E-state index in [-0.39, 0.29) is 12.5 Å². The van der Waals surface area contributed by atoms with E-state index in [1.54, 1.807) is 6.08 Å². The van der Waals surface area contributed by atoms with Crippen LogP contribution in [0.5, 0.6) is 0 Å². The Kier molecular flexibility index (Phi) is 71.3. The lowest BCUT2D eigenvalue weighted by molar-refractivity contribution is -0.302. The second-order valence-corrected chi connectivity index (χ2v) is 29.6. The van der Waals surface area contributed by atoms with E-state index in [9.17, 15) is 30.3 Å². The lowest BCUT2D eigenvalue weighted by Crippen LogP contribution is -2.60. The van der Waals surface area contributed by atoms with Crippen molar-refractivity contribution in [1.29, 1.82) is 0 Å². The molecule has 0 saturated carbocycles. The van der Waals surface area contributed by atoms with E-state index >= 15 is 0 Å². The van der Waals surface area contributed by atoms with Gasteiger partial charge in [0.2, 0.25) is 5.91 Å². The maximum absolute atomic E-state index is 13.2. The molecule has 0 radical (unpaired) electrons. The average molecular weight is 1330 g/mol. The predicted molar refractivity (Wildman–Crippen MR) is 406 cm³/mol. The summed E-state index contributed by atoms with van der Waals surface area (Å²) in [5.41, 5.74) is 0. The number of aliphatic hydroxyl groups excluding tert-OH is 5. The molecule has 7 unspecified atom stereocenters. The van der Waals surface area contributed by atoms with Crippen LogP contribution in [0.1, 0.15) is 444 Å². The van der Waals surface area contributed by atoms with Crippen molar-refractivity contribution in [3.05, 3.63) is 36.5 Å². The third-order valence-corrected chi connectivity index (χ3v) is 20.4. The van der Waals surface area contributed by atoms with E-state index in [1.165, 1.54) is 379 Å². The number of aliphatic hydroxyl groups is 5. The van der Waals surface area contributed by atoms with E-state index < -0.39 is 49.5 Å². The van der Waals surface area contributed by atoms with Crippen LogP contribution in [0.3, 0.4) is 0 Å². The van der Waals surface area contributed by atoms with E-state index in [4.69, 9.17) is 9.47 Å². The van der Waals surface area contributed by atoms with Gasteiger partial charge in [0.05, 0.1) is 25.4 Å². The van der Waals surface area contributed by atoms with Gasteiger partial charge in [-0.25, -0.2) is 0 Å². The first kappa shape index (κ1) is 90.4. The Morgan fingerprint density at radius 3 is 0.894 bits per heavy atom. The minimum Gasteiger partial charge on any atom is -0.394 e. The first-order valence-electron chi connectivity index (χ1n) is 42.2. The second kappa shape index (κ2) is 74.1. The van der Waals surface area contributed by atoms with Crippen LogP contribution in [0.15, 0.2) is 36.5 Å². The van der Waals surface area contributed by atoms with Crippen LogP contribution < -0.4 is 5.32 Å². The quantitative estimate of drug-likeness (QED) is 0.0261. The first-order chi connectivity index (χ1) is 46.3. The van der Waals surface area contributed by atoms with Gasteiger partial charge in [0.25, 0.3) is 0 Å². The first-order valence-corrected chi connectivity index (χ1v) is 42.2. The van der Waals surface area contributed by atoms with Crippen molar-refractivity contribution in [1.82, 2.24) is 5.32 Å². The van der Waals surface area contributed by atoms with Crippen molar-refractivity contribution < 1.29 is 39.8 Å². The molecule has 94 heavy (non-hydrogen) atoms. The highest BCUT2D eigenvalue weighted by Crippen LogP contribution is 2.24. The summed E-state index contributed by atoms with van der Waals surface area (Å²) in [6.45, 7) is 3.83. The molecule has 0 aromatic rings. The molecule has 1 aliphatic rings. The molecule has 1 aliphatic heterocycles. The van der Waals surface area contributed by atoms with Gasteiger partial charge in [-0.15, -0.1) is 0 Å². The molecule has 1 amide bonds. The van der Waals surface area contributed by atoms with Gasteiger partial charge in [-0.1, -0.05) is 429 Å². The number of carbonyl (C=O) groups is 1. The van der Waals surface area contributed by atoms with E-state index in [2.05, 4.69) is 43.5 Å². The van der Waals surface area contributed by atoms with Gasteiger partial charge in [0, 0.05) is 6.42 Å². The van der Waals surface area contributed by atoms with Crippen molar-refractivity contribution in [2.24, 2.45) is 0 Å². The van der Waals surface area contributed by atoms with E-state index in [0.29, 0.717) is 6.42 Å². The summed E-state index contributed by atoms with van der Waals surface area (Å²) in [5.74, 6) is -0.181. The van der Waals surface area contributed by atoms with Crippen LogP contribution >= 0.6 is 0 Å². The molecule has 1 fully saturated rings. The van der Waals surface area contributed by atoms with Crippen LogP contribution in [0.2, 0.25) is 0 Å². The van der Waals surface area contributed by atoms with Crippen LogP contribution in [0.25, 0.3) is 0 Å². The van der Waals surface area contributed by atoms with Crippen molar-refractivity contribution >= 4 is 5.91 Å². The number of ether oxygens (including phenoxy) is 2. The Morgan fingerprint density at radius 2 is 0.606 bits per heavy atom. The highest BCUT2D eigenvalue weighted by molar-refractivity contribution is 5.76. The van der Waals surface area contributed by atoms with Gasteiger partial charge in [-0.3, -0.25) is 4.79 Å². The molecule has 0 aliphatic carbocycles. The number of amides is 1. The Labute approximate surface area is 584 Å². The Bertz CT molecular complexity index is 1590. The zero-order valence-electron chi connectivity index (χ0n) is 62.8. The summed E-state index contributed by atoms with van der Waals surface area (Å²) in [4.78, 5) is 13.2. The third-order valence-electron chi connectivity index (χ3n) is 20.4. The number of hydrogen-bond donors (Lipinski definition) is 6. The smallest absolute Gasteiger partial charge is 0.220 e. The molecule has 1 rings (SSSR count). The monoisotopic (exact) mass is 1330 g/mol. The molecular weight excluding hydrogens is 1160 g/mol. The highest BCUT2D eigenvalue weighted by atomic mass is 16.7. The summed E-state index contributed by atoms with van der Waals surface area (Å²) in [6, 6.07) is -0.829. The molecule has 7 atom stereocenters. The minimum absolute atomic E-state index is 0.181. The summed E-state index contributed by atoms with van der Waals surface area (Å²) < 4.78 is 11.3. The summed E-state index contributed by atoms with van der Waals surface area (Å²) in [6.07, 6.45) is 94.8. The molecular formula is C85H163NO8. The molecule has 9 heteroatoms. The van der Waals surface area contributed by atoms with Crippen molar-refractivity contribution in [3.63, 3.8) is 0 Å². The lowest BCUT2D eigenvalue weighted by Gasteiger charge is -2.40. The molecule has 0 aromatic carbocycles. The van der Waals surface area contributed by atoms with E-state index in [1.807, 2.05) is 6.08 Å². The predicted octanol–water partition coefficient (Wildman–Crippen LogP) is 24.5. The molecule has 6 N–H and O–H groups in total. The summed E-state index contributed by atoms with van der Waals surface area (Å²) in [7, 11) is 0. The largest absolute Gasteiger partial charge is 0.394 e. The Morgan fingerprint density at radius 1 is 0.351 bits per heavy atom. The molecule has 0 spiro atoms. The minimum atomic E-state index is -1.58. The van der Waals surface area contributed by atoms with Crippen LogP contribution in [0.4, 0.5) is 0 Å². The van der Waals surface area contributed by atoms with Crippen LogP contribution in [-0.4, -0.2) is 87.5 Å². The maximum atomic E-state index is 13.2. The standard InChI is InChI=1S/C85H163NO8/c1-3-5-7-9-11-13-15-17-19-21-23-25-27-29-31-33-35-36-37-38-39-40-41-42-43-44-45-47-49-51-53-55-57-59-61-63-65-67-69-71-73-75-81(89)86-78(77-93-85-84(92)83(91)82(90)80(76-87)94-85)79(88)74-72-70-68-66-64-62-60-58-56-54-52-50-48-46-34-32-30-28-26-24-22-20-18-16-14-12-10-8-6-4-2/h56,58,64,66,72,74,78-80,82-85,87-88,90-92H,3-55,57,59-63,65,67-71,73,75-77H2,1-2H3,(H,86,89)/b58-56+,66-64+,74-72+. The van der Waals surface area contributed by atoms with Crippen molar-refractivity contribution in [2.45, 2.75) is 487 Å². The number of allylic oxidation sites excluding steroid dienone is 5. The summed E-state index contributed by atoms with van der Waals surface area (Å²) >= 11 is 0. The summed E-state index contributed by atoms with van der Waals surface area (Å²) in [5, 5.41) is 54.9. The van der Waals surface area contributed by atoms with Gasteiger partial charge in [0.15, 0.2) is 6.29 Å². The molecule has 1 heterocycles. The van der Waals surface area contributed by atoms with Crippen molar-refractivity contribution in [2.75, 3.05) is 13.2 Å². The normalized spacial score (nSPS) is 17.6. The average Bonchev–Trinajstić information content (AvgIpc) is 0.834. The topological polar surface area (TPSA) is 149 Å². The highest BCUT2D eigenvalue weighted by Gasteiger charge is 2.44. The number of unbranched alkanes of at least 4 members (excludes halogenated alkanes) is 62. The van der Waals surface area contributed by atoms with Gasteiger partial charge in [-0.2, -0.15) is 0 Å². The zero-order chi connectivity index (χ0) is 67.8. The molecule has 9 nitrogen and oxygen atoms in total. The Hall–Kier alpha value is -1.59. The number of rotatable bonds is 76. The molecule has 0 aromatic heterocycles. The van der Waals surface area contributed by atoms with E-state index in [0.717, 1.165) is 44.9 Å². The zero-order valence-corrected chi connectivity index (χ0v) is 62.8. The maximum Gasteiger partial charge on any atom is 0.220 e. The Balaban J connectivity index is 2.04. The van der Waals surface area contributed by atoms with Crippen LogP contribution in [0, 0.1) is 0 Å². The SMILES string of the molecule is CCCCCCCCCCCCCCCCCCCCCC/C=C/CC/C=C/CC/C=C/C(O)C(COC1OC(CO)C(O)C(O)C1O)NC(=O)CCCCCCCCCCCCCCCCCCCCCCCCCCCCCCCCCCCCCCCCCCC. The van der Waals surface area contributed by atoms with Gasteiger partial charge in [-0.05, 0) is 44.9 Å². The van der Waals surface area contributed by atoms with Crippen LogP contribution in [-0.2, 0) is 14.3 Å². The van der Waals surface area contributed by atoms with Crippen molar-refractivity contribution in [3.8, 4) is 0 Å². The fourth-order valence-corrected chi connectivity index (χ4v) is 13.9. The lowest BCUT2D eigenvalue weighted by atomic mass is 9.99. The third kappa shape index (κ3) is 61.5. The molecule has 0 bridgehead atoms. The number of carbonyl (C=O) groups excluding carboxylic acids is 1. The van der Waals surface area contributed by atoms with Gasteiger partial charge in [0.1, 0.15) is 24.4 Å². The number of hydrogen-bond acceptors (Lipinski definition) is 8. The molecule has 1 saturated heterocycles. The van der Waals surface area contributed by atoms with Gasteiger partial charge < -0.3 is 40.3 Å². The number of nitrogens with one attached hydrogen (secondary N) is 1. The van der Waals surface area contributed by atoms with Gasteiger partial charge >= 0.3 is 0 Å². The molecule has 556 valence electrons.